The van der Waals surface area contributed by atoms with E-state index < -0.39 is 10.8 Å². The third-order valence-corrected chi connectivity index (χ3v) is 3.16. The SMILES string of the molecule is Nc1cc(C(=O)NCCN2CCOCC2)c([N+](=O)[O-])cn1. The molecule has 2 rings (SSSR count). The minimum absolute atomic E-state index is 0.0685. The number of ether oxygens (including phenoxy) is 1. The lowest BCUT2D eigenvalue weighted by molar-refractivity contribution is -0.385. The monoisotopic (exact) mass is 295 g/mol. The molecule has 9 heteroatoms. The molecule has 1 aromatic rings. The maximum absolute atomic E-state index is 12.0. The number of pyridine rings is 1. The molecule has 0 bridgehead atoms. The normalized spacial score (nSPS) is 15.6. The predicted octanol–water partition coefficient (Wildman–Crippen LogP) is -0.366. The van der Waals surface area contributed by atoms with Crippen molar-refractivity contribution in [3.8, 4) is 0 Å². The number of amides is 1. The third-order valence-electron chi connectivity index (χ3n) is 3.16. The molecule has 0 radical (unpaired) electrons. The van der Waals surface area contributed by atoms with E-state index in [2.05, 4.69) is 15.2 Å². The molecule has 1 fully saturated rings. The lowest BCUT2D eigenvalue weighted by Crippen LogP contribution is -2.41. The predicted molar refractivity (Wildman–Crippen MR) is 74.9 cm³/mol. The highest BCUT2D eigenvalue weighted by molar-refractivity contribution is 5.98. The number of nitrogen functional groups attached to an aromatic ring is 1. The molecule has 0 spiro atoms. The molecule has 1 aliphatic rings. The number of hydrogen-bond donors (Lipinski definition) is 2. The molecule has 21 heavy (non-hydrogen) atoms. The van der Waals surface area contributed by atoms with E-state index in [0.29, 0.717) is 26.3 Å². The average Bonchev–Trinajstić information content (AvgIpc) is 2.47. The summed E-state index contributed by atoms with van der Waals surface area (Å²) in [6.07, 6.45) is 0.992. The quantitative estimate of drug-likeness (QED) is 0.561. The van der Waals surface area contributed by atoms with Gasteiger partial charge in [0, 0.05) is 26.2 Å². The highest BCUT2D eigenvalue weighted by Crippen LogP contribution is 2.18. The molecule has 114 valence electrons. The van der Waals surface area contributed by atoms with Crippen LogP contribution in [0.4, 0.5) is 11.5 Å². The van der Waals surface area contributed by atoms with Gasteiger partial charge in [0.05, 0.1) is 18.1 Å². The molecule has 1 saturated heterocycles. The van der Waals surface area contributed by atoms with Gasteiger partial charge in [-0.2, -0.15) is 0 Å². The van der Waals surface area contributed by atoms with Crippen LogP contribution >= 0.6 is 0 Å². The minimum Gasteiger partial charge on any atom is -0.384 e. The first-order valence-electron chi connectivity index (χ1n) is 6.56. The molecule has 1 aromatic heterocycles. The standard InChI is InChI=1S/C12H17N5O4/c13-11-7-9(10(8-15-11)17(19)20)12(18)14-1-2-16-3-5-21-6-4-16/h7-8H,1-6H2,(H2,13,15)(H,14,18). The van der Waals surface area contributed by atoms with Gasteiger partial charge in [-0.15, -0.1) is 0 Å². The summed E-state index contributed by atoms with van der Waals surface area (Å²) in [6.45, 7) is 4.07. The number of carbonyl (C=O) groups excluding carboxylic acids is 1. The molecular formula is C12H17N5O4. The van der Waals surface area contributed by atoms with Crippen molar-refractivity contribution in [2.45, 2.75) is 0 Å². The van der Waals surface area contributed by atoms with Gasteiger partial charge in [-0.25, -0.2) is 4.98 Å². The van der Waals surface area contributed by atoms with Gasteiger partial charge in [0.2, 0.25) is 0 Å². The van der Waals surface area contributed by atoms with E-state index in [1.807, 2.05) is 0 Å². The molecule has 0 unspecified atom stereocenters. The molecule has 0 aromatic carbocycles. The molecular weight excluding hydrogens is 278 g/mol. The second-order valence-electron chi connectivity index (χ2n) is 4.59. The van der Waals surface area contributed by atoms with E-state index in [1.165, 1.54) is 6.07 Å². The van der Waals surface area contributed by atoms with E-state index >= 15 is 0 Å². The van der Waals surface area contributed by atoms with Crippen LogP contribution in [0.15, 0.2) is 12.3 Å². The Morgan fingerprint density at radius 3 is 2.90 bits per heavy atom. The molecule has 1 amide bonds. The number of nitrogens with two attached hydrogens (primary N) is 1. The van der Waals surface area contributed by atoms with Crippen LogP contribution in [0.3, 0.4) is 0 Å². The number of hydrogen-bond acceptors (Lipinski definition) is 7. The van der Waals surface area contributed by atoms with Crippen molar-refractivity contribution in [1.29, 1.82) is 0 Å². The Hall–Kier alpha value is -2.26. The topological polar surface area (TPSA) is 124 Å². The highest BCUT2D eigenvalue weighted by Gasteiger charge is 2.21. The summed E-state index contributed by atoms with van der Waals surface area (Å²) in [5.74, 6) is -0.456. The van der Waals surface area contributed by atoms with Gasteiger partial charge in [-0.3, -0.25) is 19.8 Å². The molecule has 0 saturated carbocycles. The molecule has 1 aliphatic heterocycles. The van der Waals surface area contributed by atoms with Crippen molar-refractivity contribution in [3.63, 3.8) is 0 Å². The largest absolute Gasteiger partial charge is 0.384 e. The Labute approximate surface area is 121 Å². The number of carbonyl (C=O) groups is 1. The van der Waals surface area contributed by atoms with Crippen LogP contribution in [-0.2, 0) is 4.74 Å². The molecule has 0 atom stereocenters. The molecule has 2 heterocycles. The van der Waals surface area contributed by atoms with Crippen molar-refractivity contribution in [2.24, 2.45) is 0 Å². The van der Waals surface area contributed by atoms with Gasteiger partial charge in [0.25, 0.3) is 11.6 Å². The van der Waals surface area contributed by atoms with Crippen LogP contribution in [0.25, 0.3) is 0 Å². The summed E-state index contributed by atoms with van der Waals surface area (Å²) in [6, 6.07) is 1.21. The Balaban J connectivity index is 1.93. The number of nitrogens with one attached hydrogen (secondary N) is 1. The fourth-order valence-corrected chi connectivity index (χ4v) is 2.04. The van der Waals surface area contributed by atoms with E-state index in [0.717, 1.165) is 19.3 Å². The van der Waals surface area contributed by atoms with E-state index in [9.17, 15) is 14.9 Å². The smallest absolute Gasteiger partial charge is 0.300 e. The van der Waals surface area contributed by atoms with Gasteiger partial charge in [-0.05, 0) is 6.07 Å². The van der Waals surface area contributed by atoms with Crippen LogP contribution in [0, 0.1) is 10.1 Å². The first kappa shape index (κ1) is 15.1. The number of nitrogens with zero attached hydrogens (tertiary/aromatic N) is 3. The van der Waals surface area contributed by atoms with Crippen LogP contribution in [0.1, 0.15) is 10.4 Å². The van der Waals surface area contributed by atoms with E-state index in [4.69, 9.17) is 10.5 Å². The molecule has 3 N–H and O–H groups in total. The minimum atomic E-state index is -0.649. The highest BCUT2D eigenvalue weighted by atomic mass is 16.6. The Morgan fingerprint density at radius 1 is 1.52 bits per heavy atom. The number of aromatic nitrogens is 1. The lowest BCUT2D eigenvalue weighted by Gasteiger charge is -2.26. The first-order valence-corrected chi connectivity index (χ1v) is 6.56. The average molecular weight is 295 g/mol. The van der Waals surface area contributed by atoms with Gasteiger partial charge in [-0.1, -0.05) is 0 Å². The van der Waals surface area contributed by atoms with Gasteiger partial charge in [0.1, 0.15) is 17.6 Å². The number of morpholine rings is 1. The van der Waals surface area contributed by atoms with Crippen molar-refractivity contribution in [1.82, 2.24) is 15.2 Å². The fourth-order valence-electron chi connectivity index (χ4n) is 2.04. The van der Waals surface area contributed by atoms with Crippen LogP contribution in [0.5, 0.6) is 0 Å². The number of nitro groups is 1. The number of rotatable bonds is 5. The van der Waals surface area contributed by atoms with Crippen molar-refractivity contribution < 1.29 is 14.5 Å². The van der Waals surface area contributed by atoms with E-state index in [1.54, 1.807) is 0 Å². The number of anilines is 1. The summed E-state index contributed by atoms with van der Waals surface area (Å²) in [4.78, 5) is 28.0. The van der Waals surface area contributed by atoms with E-state index in [-0.39, 0.29) is 17.1 Å². The second kappa shape index (κ2) is 6.95. The molecule has 9 nitrogen and oxygen atoms in total. The summed E-state index contributed by atoms with van der Waals surface area (Å²) < 4.78 is 5.23. The maximum atomic E-state index is 12.0. The lowest BCUT2D eigenvalue weighted by atomic mass is 10.2. The molecule has 0 aliphatic carbocycles. The van der Waals surface area contributed by atoms with Crippen molar-refractivity contribution in [3.05, 3.63) is 27.9 Å². The summed E-state index contributed by atoms with van der Waals surface area (Å²) in [5, 5.41) is 13.5. The fraction of sp³-hybridized carbons (Fsp3) is 0.500. The van der Waals surface area contributed by atoms with Gasteiger partial charge in [0.15, 0.2) is 0 Å². The zero-order valence-corrected chi connectivity index (χ0v) is 11.4. The van der Waals surface area contributed by atoms with Gasteiger partial charge < -0.3 is 15.8 Å². The van der Waals surface area contributed by atoms with Crippen molar-refractivity contribution >= 4 is 17.4 Å². The van der Waals surface area contributed by atoms with Gasteiger partial charge >= 0.3 is 0 Å². The second-order valence-corrected chi connectivity index (χ2v) is 4.59. The maximum Gasteiger partial charge on any atom is 0.300 e. The Morgan fingerprint density at radius 2 is 2.24 bits per heavy atom. The third kappa shape index (κ3) is 4.10. The van der Waals surface area contributed by atoms with Crippen LogP contribution in [-0.4, -0.2) is 60.1 Å². The zero-order chi connectivity index (χ0) is 15.2. The summed E-state index contributed by atoms with van der Waals surface area (Å²) >= 11 is 0. The van der Waals surface area contributed by atoms with Crippen molar-refractivity contribution in [2.75, 3.05) is 45.1 Å². The first-order chi connectivity index (χ1) is 10.1. The Bertz CT molecular complexity index is 530. The van der Waals surface area contributed by atoms with Crippen LogP contribution in [0.2, 0.25) is 0 Å². The summed E-state index contributed by atoms with van der Waals surface area (Å²) in [5.41, 5.74) is 5.05. The zero-order valence-electron chi connectivity index (χ0n) is 11.4. The van der Waals surface area contributed by atoms with Crippen LogP contribution < -0.4 is 11.1 Å². The summed E-state index contributed by atoms with van der Waals surface area (Å²) in [7, 11) is 0. The Kier molecular flexibility index (Phi) is 5.01.